The summed E-state index contributed by atoms with van der Waals surface area (Å²) in [5.41, 5.74) is 7.05. The van der Waals surface area contributed by atoms with E-state index < -0.39 is 18.0 Å². The average Bonchev–Trinajstić information content (AvgIpc) is 3.13. The summed E-state index contributed by atoms with van der Waals surface area (Å²) in [5, 5.41) is 15.2. The zero-order chi connectivity index (χ0) is 34.6. The van der Waals surface area contributed by atoms with Gasteiger partial charge in [0.1, 0.15) is 17.5 Å². The second-order valence-corrected chi connectivity index (χ2v) is 11.8. The molecule has 0 fully saturated rings. The number of halogens is 1. The normalized spacial score (nSPS) is 12.4. The van der Waals surface area contributed by atoms with Gasteiger partial charge in [0.15, 0.2) is 0 Å². The van der Waals surface area contributed by atoms with E-state index in [1.165, 1.54) is 0 Å². The maximum atomic E-state index is 13.6. The first-order chi connectivity index (χ1) is 23.8. The Hall–Kier alpha value is -5.61. The fraction of sp³-hybridized carbons (Fsp3) is 0.211. The number of methoxy groups -OCH3 is 2. The highest BCUT2D eigenvalue weighted by Crippen LogP contribution is 2.28. The molecule has 5 aromatic rings. The van der Waals surface area contributed by atoms with Gasteiger partial charge in [0.25, 0.3) is 5.91 Å². The topological polar surface area (TPSA) is 126 Å². The van der Waals surface area contributed by atoms with Crippen molar-refractivity contribution in [2.75, 3.05) is 26.1 Å². The smallest absolute Gasteiger partial charge is 0.315 e. The fourth-order valence-electron chi connectivity index (χ4n) is 5.32. The third-order valence-electron chi connectivity index (χ3n) is 7.82. The van der Waals surface area contributed by atoms with E-state index in [1.54, 1.807) is 44.7 Å². The van der Waals surface area contributed by atoms with E-state index in [1.807, 2.05) is 78.9 Å². The zero-order valence-corrected chi connectivity index (χ0v) is 28.3. The van der Waals surface area contributed by atoms with E-state index in [0.29, 0.717) is 35.0 Å². The van der Waals surface area contributed by atoms with E-state index in [9.17, 15) is 9.59 Å². The first kappa shape index (κ1) is 34.7. The van der Waals surface area contributed by atoms with Gasteiger partial charge in [0.2, 0.25) is 0 Å². The highest BCUT2D eigenvalue weighted by atomic mass is 35.5. The second-order valence-electron chi connectivity index (χ2n) is 11.4. The minimum Gasteiger partial charge on any atom is -0.497 e. The molecule has 1 aromatic heterocycles. The Labute approximate surface area is 290 Å². The van der Waals surface area contributed by atoms with Gasteiger partial charge in [-0.1, -0.05) is 72.3 Å². The number of hydrazone groups is 1. The number of nitrogens with one attached hydrogen (secondary N) is 4. The van der Waals surface area contributed by atoms with Crippen molar-refractivity contribution in [2.45, 2.75) is 31.8 Å². The van der Waals surface area contributed by atoms with Gasteiger partial charge in [-0.25, -0.2) is 10.2 Å². The van der Waals surface area contributed by atoms with E-state index in [-0.39, 0.29) is 6.04 Å². The molecule has 1 heterocycles. The van der Waals surface area contributed by atoms with Crippen molar-refractivity contribution in [3.05, 3.63) is 131 Å². The molecule has 0 saturated carbocycles. The summed E-state index contributed by atoms with van der Waals surface area (Å²) >= 11 is 6.12. The number of carbonyl (C=O) groups is 2. The molecule has 0 aliphatic rings. The number of carbonyl (C=O) groups excluding carboxylic acids is 2. The Kier molecular flexibility index (Phi) is 12.0. The van der Waals surface area contributed by atoms with Crippen LogP contribution in [-0.2, 0) is 4.79 Å². The quantitative estimate of drug-likeness (QED) is 0.0564. The fourth-order valence-corrected chi connectivity index (χ4v) is 5.44. The molecule has 4 N–H and O–H groups in total. The number of hydrogen-bond donors (Lipinski definition) is 4. The molecule has 4 aromatic carbocycles. The Balaban J connectivity index is 1.23. The van der Waals surface area contributed by atoms with Crippen LogP contribution in [0.4, 0.5) is 10.5 Å². The molecule has 11 heteroatoms. The number of amides is 3. The van der Waals surface area contributed by atoms with Crippen molar-refractivity contribution in [2.24, 2.45) is 5.10 Å². The molecule has 49 heavy (non-hydrogen) atoms. The maximum Gasteiger partial charge on any atom is 0.315 e. The molecule has 0 saturated heterocycles. The summed E-state index contributed by atoms with van der Waals surface area (Å²) in [6.45, 7) is 2.47. The summed E-state index contributed by atoms with van der Waals surface area (Å²) in [7, 11) is 3.23. The summed E-state index contributed by atoms with van der Waals surface area (Å²) in [6.07, 6.45) is 3.23. The van der Waals surface area contributed by atoms with Crippen LogP contribution in [0.1, 0.15) is 42.5 Å². The maximum absolute atomic E-state index is 13.6. The number of ether oxygens (including phenoxy) is 2. The van der Waals surface area contributed by atoms with E-state index >= 15 is 0 Å². The number of benzene rings is 4. The van der Waals surface area contributed by atoms with Crippen LogP contribution >= 0.6 is 11.6 Å². The molecule has 0 bridgehead atoms. The predicted octanol–water partition coefficient (Wildman–Crippen LogP) is 7.10. The van der Waals surface area contributed by atoms with Crippen molar-refractivity contribution >= 4 is 45.8 Å². The van der Waals surface area contributed by atoms with Crippen LogP contribution in [0.15, 0.2) is 114 Å². The lowest BCUT2D eigenvalue weighted by Gasteiger charge is -2.19. The van der Waals surface area contributed by atoms with Crippen molar-refractivity contribution in [1.29, 1.82) is 0 Å². The molecule has 0 spiro atoms. The number of anilines is 1. The molecule has 2 atom stereocenters. The molecule has 10 nitrogen and oxygen atoms in total. The van der Waals surface area contributed by atoms with Gasteiger partial charge in [-0.3, -0.25) is 9.78 Å². The van der Waals surface area contributed by atoms with Crippen molar-refractivity contribution in [3.63, 3.8) is 0 Å². The lowest BCUT2D eigenvalue weighted by molar-refractivity contribution is -0.123. The van der Waals surface area contributed by atoms with Gasteiger partial charge >= 0.3 is 6.03 Å². The van der Waals surface area contributed by atoms with E-state index in [0.717, 1.165) is 39.9 Å². The van der Waals surface area contributed by atoms with E-state index in [4.69, 9.17) is 21.1 Å². The van der Waals surface area contributed by atoms with Crippen molar-refractivity contribution in [3.8, 4) is 11.5 Å². The molecular formula is C38H39ClN6O4. The molecule has 2 unspecified atom stereocenters. The summed E-state index contributed by atoms with van der Waals surface area (Å²) in [4.78, 5) is 31.3. The SMILES string of the molecule is COc1cccc(/C(=N/NC(=O)C(NC(=O)NCCCC(C)Nc2cc(OC)cc3cccnc23)c2ccc(Cl)cc2)c2ccccc2)c1. The lowest BCUT2D eigenvalue weighted by atomic mass is 10.0. The van der Waals surface area contributed by atoms with Gasteiger partial charge < -0.3 is 25.4 Å². The van der Waals surface area contributed by atoms with Gasteiger partial charge in [0.05, 0.1) is 31.1 Å². The second kappa shape index (κ2) is 17.0. The summed E-state index contributed by atoms with van der Waals surface area (Å²) in [5.74, 6) is 0.877. The van der Waals surface area contributed by atoms with Crippen LogP contribution in [0.2, 0.25) is 5.02 Å². The van der Waals surface area contributed by atoms with Crippen LogP contribution in [0.25, 0.3) is 10.9 Å². The number of aromatic nitrogens is 1. The Morgan fingerprint density at radius 3 is 2.37 bits per heavy atom. The van der Waals surface area contributed by atoms with E-state index in [2.05, 4.69) is 38.4 Å². The van der Waals surface area contributed by atoms with Gasteiger partial charge in [-0.2, -0.15) is 5.10 Å². The number of nitrogens with zero attached hydrogens (tertiary/aromatic N) is 2. The monoisotopic (exact) mass is 678 g/mol. The van der Waals surface area contributed by atoms with Crippen molar-refractivity contribution < 1.29 is 19.1 Å². The Morgan fingerprint density at radius 2 is 1.61 bits per heavy atom. The highest BCUT2D eigenvalue weighted by molar-refractivity contribution is 6.30. The largest absolute Gasteiger partial charge is 0.497 e. The van der Waals surface area contributed by atoms with Crippen LogP contribution in [-0.4, -0.2) is 49.4 Å². The van der Waals surface area contributed by atoms with Gasteiger partial charge in [-0.15, -0.1) is 0 Å². The van der Waals surface area contributed by atoms with Gasteiger partial charge in [-0.05, 0) is 61.7 Å². The minimum absolute atomic E-state index is 0.0935. The van der Waals surface area contributed by atoms with Gasteiger partial charge in [0, 0.05) is 46.4 Å². The first-order valence-corrected chi connectivity index (χ1v) is 16.3. The highest BCUT2D eigenvalue weighted by Gasteiger charge is 2.23. The number of pyridine rings is 1. The third-order valence-corrected chi connectivity index (χ3v) is 8.08. The molecule has 252 valence electrons. The van der Waals surface area contributed by atoms with Crippen LogP contribution in [0, 0.1) is 0 Å². The number of fused-ring (bicyclic) bond motifs is 1. The molecule has 0 aliphatic heterocycles. The Bertz CT molecular complexity index is 1900. The van der Waals surface area contributed by atoms with Crippen LogP contribution < -0.4 is 30.8 Å². The molecule has 0 aliphatic carbocycles. The molecule has 3 amide bonds. The van der Waals surface area contributed by atoms with Crippen LogP contribution in [0.5, 0.6) is 11.5 Å². The lowest BCUT2D eigenvalue weighted by Crippen LogP contribution is -2.44. The predicted molar refractivity (Wildman–Crippen MR) is 195 cm³/mol. The Morgan fingerprint density at radius 1 is 0.857 bits per heavy atom. The summed E-state index contributed by atoms with van der Waals surface area (Å²) in [6, 6.07) is 30.0. The molecule has 5 rings (SSSR count). The number of hydrogen-bond acceptors (Lipinski definition) is 7. The minimum atomic E-state index is -1.04. The molecular weight excluding hydrogens is 640 g/mol. The number of urea groups is 1. The van der Waals surface area contributed by atoms with Crippen molar-refractivity contribution in [1.82, 2.24) is 21.0 Å². The number of rotatable bonds is 14. The summed E-state index contributed by atoms with van der Waals surface area (Å²) < 4.78 is 10.9. The first-order valence-electron chi connectivity index (χ1n) is 15.9. The average molecular weight is 679 g/mol. The molecule has 0 radical (unpaired) electrons. The standard InChI is InChI=1S/C38H39ClN6O4/c1-25(42-33-24-32(49-3)23-29-14-9-20-40-35(29)33)10-8-21-41-38(47)43-36(27-16-18-30(39)19-17-27)37(46)45-44-34(26-11-5-4-6-12-26)28-13-7-15-31(22-28)48-2/h4-7,9,11-20,22-25,36,42H,8,10,21H2,1-3H3,(H,45,46)(H2,41,43,47)/b44-34+. The third kappa shape index (κ3) is 9.48. The van der Waals surface area contributed by atoms with Crippen LogP contribution in [0.3, 0.4) is 0 Å². The zero-order valence-electron chi connectivity index (χ0n) is 27.6.